The Hall–Kier alpha value is -4.19. The quantitative estimate of drug-likeness (QED) is 0.454. The molecule has 9 nitrogen and oxygen atoms in total. The molecule has 9 heteroatoms. The average Bonchev–Trinajstić information content (AvgIpc) is 2.69. The lowest BCUT2D eigenvalue weighted by Gasteiger charge is -2.07. The zero-order valence-corrected chi connectivity index (χ0v) is 13.9. The second-order valence-corrected chi connectivity index (χ2v) is 5.15. The Bertz CT molecular complexity index is 916. The van der Waals surface area contributed by atoms with Gasteiger partial charge in [-0.3, -0.25) is 30.6 Å². The molecule has 2 amide bonds. The van der Waals surface area contributed by atoms with Crippen LogP contribution in [0.2, 0.25) is 0 Å². The van der Waals surface area contributed by atoms with Gasteiger partial charge >= 0.3 is 0 Å². The molecule has 2 aromatic carbocycles. The van der Waals surface area contributed by atoms with Gasteiger partial charge in [-0.1, -0.05) is 12.1 Å². The van der Waals surface area contributed by atoms with E-state index in [4.69, 9.17) is 10.00 Å². The SMILES string of the molecule is N#Cc1ccc(OCC(=O)NNC(=O)/C=C/c2cccc([N+](=O)[O-])c2)cc1. The van der Waals surface area contributed by atoms with Gasteiger partial charge in [0.05, 0.1) is 16.6 Å². The van der Waals surface area contributed by atoms with Crippen molar-refractivity contribution in [2.75, 3.05) is 6.61 Å². The van der Waals surface area contributed by atoms with E-state index in [0.717, 1.165) is 6.08 Å². The highest BCUT2D eigenvalue weighted by atomic mass is 16.6. The van der Waals surface area contributed by atoms with Gasteiger partial charge < -0.3 is 4.74 Å². The molecule has 27 heavy (non-hydrogen) atoms. The van der Waals surface area contributed by atoms with E-state index < -0.39 is 16.7 Å². The van der Waals surface area contributed by atoms with E-state index in [1.807, 2.05) is 6.07 Å². The Morgan fingerprint density at radius 1 is 1.19 bits per heavy atom. The minimum atomic E-state index is -0.617. The lowest BCUT2D eigenvalue weighted by Crippen LogP contribution is -2.43. The van der Waals surface area contributed by atoms with Crippen LogP contribution >= 0.6 is 0 Å². The number of benzene rings is 2. The Labute approximate surface area is 154 Å². The number of rotatable bonds is 6. The fourth-order valence-corrected chi connectivity index (χ4v) is 1.90. The van der Waals surface area contributed by atoms with E-state index in [0.29, 0.717) is 16.9 Å². The van der Waals surface area contributed by atoms with E-state index in [2.05, 4.69) is 10.9 Å². The van der Waals surface area contributed by atoms with Crippen LogP contribution in [0.25, 0.3) is 6.08 Å². The van der Waals surface area contributed by atoms with Gasteiger partial charge in [0.1, 0.15) is 5.75 Å². The summed E-state index contributed by atoms with van der Waals surface area (Å²) in [6.45, 7) is -0.333. The molecule has 0 fully saturated rings. The molecule has 0 heterocycles. The van der Waals surface area contributed by atoms with Gasteiger partial charge in [0.2, 0.25) is 0 Å². The molecule has 0 aliphatic carbocycles. The number of non-ortho nitro benzene ring substituents is 1. The molecule has 0 unspecified atom stereocenters. The van der Waals surface area contributed by atoms with Crippen LogP contribution in [0.1, 0.15) is 11.1 Å². The highest BCUT2D eigenvalue weighted by molar-refractivity contribution is 5.93. The lowest BCUT2D eigenvalue weighted by atomic mass is 10.2. The van der Waals surface area contributed by atoms with Crippen molar-refractivity contribution in [3.8, 4) is 11.8 Å². The van der Waals surface area contributed by atoms with E-state index in [9.17, 15) is 19.7 Å². The van der Waals surface area contributed by atoms with Gasteiger partial charge in [-0.2, -0.15) is 5.26 Å². The highest BCUT2D eigenvalue weighted by Crippen LogP contribution is 2.14. The number of nitrogens with zero attached hydrogens (tertiary/aromatic N) is 2. The number of carbonyl (C=O) groups excluding carboxylic acids is 2. The number of hydrazine groups is 1. The number of nitro groups is 1. The minimum Gasteiger partial charge on any atom is -0.484 e. The summed E-state index contributed by atoms with van der Waals surface area (Å²) in [5.41, 5.74) is 5.17. The highest BCUT2D eigenvalue weighted by Gasteiger charge is 2.06. The molecule has 0 aromatic heterocycles. The summed E-state index contributed by atoms with van der Waals surface area (Å²) in [6.07, 6.45) is 2.50. The van der Waals surface area contributed by atoms with Crippen LogP contribution in [0.3, 0.4) is 0 Å². The normalized spacial score (nSPS) is 10.0. The van der Waals surface area contributed by atoms with E-state index in [1.54, 1.807) is 30.3 Å². The third kappa shape index (κ3) is 6.32. The smallest absolute Gasteiger partial charge is 0.276 e. The summed E-state index contributed by atoms with van der Waals surface area (Å²) in [6, 6.07) is 13.9. The predicted octanol–water partition coefficient (Wildman–Crippen LogP) is 1.71. The number of carbonyl (C=O) groups is 2. The zero-order valence-electron chi connectivity index (χ0n) is 13.9. The lowest BCUT2D eigenvalue weighted by molar-refractivity contribution is -0.384. The third-order valence-corrected chi connectivity index (χ3v) is 3.19. The van der Waals surface area contributed by atoms with Gasteiger partial charge in [0, 0.05) is 18.2 Å². The van der Waals surface area contributed by atoms with Crippen molar-refractivity contribution in [2.24, 2.45) is 0 Å². The molecule has 0 spiro atoms. The molecule has 2 N–H and O–H groups in total. The summed E-state index contributed by atoms with van der Waals surface area (Å²) in [5, 5.41) is 19.4. The Kier molecular flexibility index (Phi) is 6.62. The molecule has 0 bridgehead atoms. The maximum Gasteiger partial charge on any atom is 0.276 e. The van der Waals surface area contributed by atoms with Crippen LogP contribution in [0, 0.1) is 21.4 Å². The predicted molar refractivity (Wildman–Crippen MR) is 95.1 cm³/mol. The number of hydrogen-bond donors (Lipinski definition) is 2. The Morgan fingerprint density at radius 2 is 1.93 bits per heavy atom. The van der Waals surface area contributed by atoms with Crippen molar-refractivity contribution in [1.82, 2.24) is 10.9 Å². The van der Waals surface area contributed by atoms with Crippen molar-refractivity contribution in [2.45, 2.75) is 0 Å². The fraction of sp³-hybridized carbons (Fsp3) is 0.0556. The van der Waals surface area contributed by atoms with Crippen LogP contribution in [0.4, 0.5) is 5.69 Å². The largest absolute Gasteiger partial charge is 0.484 e. The molecule has 0 aliphatic rings. The first-order chi connectivity index (χ1) is 13.0. The number of amides is 2. The molecule has 2 aromatic rings. The van der Waals surface area contributed by atoms with Crippen LogP contribution in [0.15, 0.2) is 54.6 Å². The third-order valence-electron chi connectivity index (χ3n) is 3.19. The van der Waals surface area contributed by atoms with Crippen molar-refractivity contribution in [3.63, 3.8) is 0 Å². The Balaban J connectivity index is 1.77. The van der Waals surface area contributed by atoms with Crippen LogP contribution in [-0.2, 0) is 9.59 Å². The van der Waals surface area contributed by atoms with Gasteiger partial charge in [0.25, 0.3) is 17.5 Å². The molecule has 0 saturated carbocycles. The number of hydrogen-bond acceptors (Lipinski definition) is 6. The van der Waals surface area contributed by atoms with Gasteiger partial charge in [-0.15, -0.1) is 0 Å². The van der Waals surface area contributed by atoms with E-state index in [-0.39, 0.29) is 12.3 Å². The molecular formula is C18H14N4O5. The van der Waals surface area contributed by atoms with Crippen molar-refractivity contribution in [1.29, 1.82) is 5.26 Å². The maximum atomic E-state index is 11.7. The van der Waals surface area contributed by atoms with Crippen molar-refractivity contribution < 1.29 is 19.2 Å². The van der Waals surface area contributed by atoms with Gasteiger partial charge in [-0.25, -0.2) is 0 Å². The molecule has 0 aliphatic heterocycles. The standard InChI is InChI=1S/C18H14N4O5/c19-11-14-4-7-16(8-5-14)27-12-18(24)21-20-17(23)9-6-13-2-1-3-15(10-13)22(25)26/h1-10H,12H2,(H,20,23)(H,21,24)/b9-6+. The first-order valence-electron chi connectivity index (χ1n) is 7.62. The second kappa shape index (κ2) is 9.33. The summed E-state index contributed by atoms with van der Waals surface area (Å²) < 4.78 is 5.21. The van der Waals surface area contributed by atoms with Crippen LogP contribution in [-0.4, -0.2) is 23.3 Å². The maximum absolute atomic E-state index is 11.7. The summed E-state index contributed by atoms with van der Waals surface area (Å²) >= 11 is 0. The zero-order chi connectivity index (χ0) is 19.6. The average molecular weight is 366 g/mol. The molecule has 0 radical (unpaired) electrons. The molecule has 136 valence electrons. The molecule has 0 atom stereocenters. The minimum absolute atomic E-state index is 0.0918. The summed E-state index contributed by atoms with van der Waals surface area (Å²) in [7, 11) is 0. The van der Waals surface area contributed by atoms with Gasteiger partial charge in [0.15, 0.2) is 6.61 Å². The second-order valence-electron chi connectivity index (χ2n) is 5.15. The summed E-state index contributed by atoms with van der Waals surface area (Å²) in [4.78, 5) is 33.5. The summed E-state index contributed by atoms with van der Waals surface area (Å²) in [5.74, 6) is -0.800. The topological polar surface area (TPSA) is 134 Å². The van der Waals surface area contributed by atoms with Crippen LogP contribution in [0.5, 0.6) is 5.75 Å². The number of nitro benzene ring substituents is 1. The Morgan fingerprint density at radius 3 is 2.59 bits per heavy atom. The molecular weight excluding hydrogens is 352 g/mol. The van der Waals surface area contributed by atoms with Crippen molar-refractivity contribution >= 4 is 23.6 Å². The number of nitrogens with one attached hydrogen (secondary N) is 2. The first-order valence-corrected chi connectivity index (χ1v) is 7.62. The number of nitriles is 1. The fourth-order valence-electron chi connectivity index (χ4n) is 1.90. The van der Waals surface area contributed by atoms with E-state index >= 15 is 0 Å². The molecule has 2 rings (SSSR count). The number of ether oxygens (including phenoxy) is 1. The van der Waals surface area contributed by atoms with Crippen molar-refractivity contribution in [3.05, 3.63) is 75.8 Å². The monoisotopic (exact) mass is 366 g/mol. The molecule has 0 saturated heterocycles. The van der Waals surface area contributed by atoms with E-state index in [1.165, 1.54) is 24.3 Å². The van der Waals surface area contributed by atoms with Gasteiger partial charge in [-0.05, 0) is 35.9 Å². The first kappa shape index (κ1) is 19.1. The van der Waals surface area contributed by atoms with Crippen LogP contribution < -0.4 is 15.6 Å².